The summed E-state index contributed by atoms with van der Waals surface area (Å²) in [4.78, 5) is 44.6. The van der Waals surface area contributed by atoms with Gasteiger partial charge in [0.25, 0.3) is 0 Å². The molecule has 0 aromatic heterocycles. The van der Waals surface area contributed by atoms with Gasteiger partial charge in [0, 0.05) is 19.6 Å². The van der Waals surface area contributed by atoms with Gasteiger partial charge in [-0.25, -0.2) is 0 Å². The molecule has 37 heavy (non-hydrogen) atoms. The van der Waals surface area contributed by atoms with Crippen molar-refractivity contribution in [1.82, 2.24) is 9.80 Å². The number of carbonyl (C=O) groups excluding carboxylic acids is 3. The molecule has 200 valence electrons. The van der Waals surface area contributed by atoms with Crippen molar-refractivity contribution in [3.63, 3.8) is 0 Å². The summed E-state index contributed by atoms with van der Waals surface area (Å²) in [5, 5.41) is 9.82. The number of hydrogen-bond acceptors (Lipinski definition) is 6. The molecule has 0 saturated carbocycles. The quantitative estimate of drug-likeness (QED) is 0.264. The Bertz CT molecular complexity index is 1040. The van der Waals surface area contributed by atoms with Crippen LogP contribution in [0, 0.1) is 17.8 Å². The monoisotopic (exact) mass is 510 g/mol. The molecule has 3 heterocycles. The number of rotatable bonds is 12. The number of fused-ring (bicyclic) bond motifs is 1. The van der Waals surface area contributed by atoms with Crippen LogP contribution < -0.4 is 0 Å². The van der Waals surface area contributed by atoms with E-state index in [2.05, 4.69) is 13.2 Å². The first kappa shape index (κ1) is 27.1. The number of ether oxygens (including phenoxy) is 2. The molecular weight excluding hydrogens is 472 g/mol. The van der Waals surface area contributed by atoms with E-state index in [-0.39, 0.29) is 44.0 Å². The van der Waals surface area contributed by atoms with Crippen LogP contribution in [0.3, 0.4) is 0 Å². The summed E-state index contributed by atoms with van der Waals surface area (Å²) in [6.07, 6.45) is 5.25. The first-order valence-corrected chi connectivity index (χ1v) is 13.1. The van der Waals surface area contributed by atoms with Crippen LogP contribution in [0.2, 0.25) is 0 Å². The number of aliphatic hydroxyl groups excluding tert-OH is 1. The lowest BCUT2D eigenvalue weighted by molar-refractivity contribution is -0.162. The van der Waals surface area contributed by atoms with Crippen LogP contribution in [0.5, 0.6) is 0 Å². The van der Waals surface area contributed by atoms with Gasteiger partial charge < -0.3 is 24.4 Å². The van der Waals surface area contributed by atoms with E-state index in [1.807, 2.05) is 44.2 Å². The summed E-state index contributed by atoms with van der Waals surface area (Å²) < 4.78 is 12.3. The minimum atomic E-state index is -1.17. The van der Waals surface area contributed by atoms with Crippen LogP contribution >= 0.6 is 0 Å². The third kappa shape index (κ3) is 4.50. The van der Waals surface area contributed by atoms with Crippen LogP contribution in [0.15, 0.2) is 55.6 Å². The molecule has 1 aromatic carbocycles. The molecule has 4 rings (SSSR count). The second kappa shape index (κ2) is 10.8. The lowest BCUT2D eigenvalue weighted by Gasteiger charge is -2.37. The minimum Gasteiger partial charge on any atom is -0.465 e. The Labute approximate surface area is 218 Å². The van der Waals surface area contributed by atoms with E-state index in [1.54, 1.807) is 17.1 Å². The molecule has 1 aromatic rings. The number of hydrogen-bond donors (Lipinski definition) is 1. The maximum atomic E-state index is 14.2. The van der Waals surface area contributed by atoms with E-state index in [0.717, 1.165) is 12.0 Å². The van der Waals surface area contributed by atoms with E-state index in [0.29, 0.717) is 19.4 Å². The molecule has 1 N–H and O–H groups in total. The number of aliphatic hydroxyl groups is 1. The zero-order valence-electron chi connectivity index (χ0n) is 21.8. The number of esters is 1. The maximum absolute atomic E-state index is 14.2. The average Bonchev–Trinajstić information content (AvgIpc) is 3.39. The summed E-state index contributed by atoms with van der Waals surface area (Å²) in [5.74, 6) is -2.83. The maximum Gasteiger partial charge on any atom is 0.312 e. The second-order valence-electron chi connectivity index (χ2n) is 10.6. The van der Waals surface area contributed by atoms with Crippen LogP contribution in [0.1, 0.15) is 38.7 Å². The van der Waals surface area contributed by atoms with Crippen molar-refractivity contribution < 1.29 is 29.0 Å². The van der Waals surface area contributed by atoms with Crippen molar-refractivity contribution >= 4 is 17.8 Å². The Hall–Kier alpha value is -2.97. The Morgan fingerprint density at radius 3 is 2.65 bits per heavy atom. The third-order valence-corrected chi connectivity index (χ3v) is 8.32. The van der Waals surface area contributed by atoms with Crippen molar-refractivity contribution in [3.8, 4) is 0 Å². The molecule has 2 bridgehead atoms. The molecule has 6 atom stereocenters. The average molecular weight is 511 g/mol. The number of allylic oxidation sites excluding steroid dienone is 1. The topological polar surface area (TPSA) is 96.4 Å². The van der Waals surface area contributed by atoms with Crippen molar-refractivity contribution in [2.75, 3.05) is 26.3 Å². The smallest absolute Gasteiger partial charge is 0.312 e. The summed E-state index contributed by atoms with van der Waals surface area (Å²) in [5.41, 5.74) is -1.15. The number of carbonyl (C=O) groups is 3. The van der Waals surface area contributed by atoms with E-state index < -0.39 is 35.0 Å². The number of amides is 2. The zero-order valence-corrected chi connectivity index (χ0v) is 21.8. The molecule has 0 aliphatic carbocycles. The van der Waals surface area contributed by atoms with Gasteiger partial charge in [-0.2, -0.15) is 0 Å². The highest BCUT2D eigenvalue weighted by molar-refractivity contribution is 5.98. The predicted octanol–water partition coefficient (Wildman–Crippen LogP) is 2.71. The van der Waals surface area contributed by atoms with Crippen LogP contribution in [0.25, 0.3) is 0 Å². The standard InChI is InChI=1S/C29H38N2O6/c1-5-7-11-17-36-27(35)23-22-25(33)31(15-16-32)24(29(22)18-20(3)28(23,4)37-29)26(34)30(14-6-2)19-21-12-9-8-10-13-21/h5-6,8-10,12-13,20,22-24,32H,1-2,7,11,14-19H2,3-4H3/t20?,22-,23+,24?,28-,29?/m0/s1. The molecule has 3 aliphatic heterocycles. The highest BCUT2D eigenvalue weighted by Gasteiger charge is 2.80. The fourth-order valence-corrected chi connectivity index (χ4v) is 6.58. The molecule has 1 spiro atoms. The highest BCUT2D eigenvalue weighted by atomic mass is 16.6. The summed E-state index contributed by atoms with van der Waals surface area (Å²) in [6.45, 7) is 11.9. The zero-order chi connectivity index (χ0) is 26.8. The van der Waals surface area contributed by atoms with Crippen molar-refractivity contribution in [2.45, 2.75) is 56.9 Å². The molecule has 3 saturated heterocycles. The summed E-state index contributed by atoms with van der Waals surface area (Å²) in [7, 11) is 0. The fourth-order valence-electron chi connectivity index (χ4n) is 6.58. The second-order valence-corrected chi connectivity index (χ2v) is 10.6. The van der Waals surface area contributed by atoms with Crippen molar-refractivity contribution in [3.05, 3.63) is 61.2 Å². The highest BCUT2D eigenvalue weighted by Crippen LogP contribution is 2.65. The molecular formula is C29H38N2O6. The van der Waals surface area contributed by atoms with E-state index >= 15 is 0 Å². The first-order chi connectivity index (χ1) is 17.7. The normalized spacial score (nSPS) is 31.8. The van der Waals surface area contributed by atoms with Crippen LogP contribution in [0.4, 0.5) is 0 Å². The molecule has 8 nitrogen and oxygen atoms in total. The third-order valence-electron chi connectivity index (χ3n) is 8.32. The van der Waals surface area contributed by atoms with Gasteiger partial charge in [0.15, 0.2) is 0 Å². The number of unbranched alkanes of at least 4 members (excludes halogenated alkanes) is 1. The fraction of sp³-hybridized carbons (Fsp3) is 0.552. The molecule has 3 aliphatic rings. The van der Waals surface area contributed by atoms with Crippen molar-refractivity contribution in [1.29, 1.82) is 0 Å². The summed E-state index contributed by atoms with van der Waals surface area (Å²) >= 11 is 0. The van der Waals surface area contributed by atoms with Crippen LogP contribution in [-0.2, 0) is 30.4 Å². The molecule has 3 fully saturated rings. The van der Waals surface area contributed by atoms with Crippen molar-refractivity contribution in [2.24, 2.45) is 17.8 Å². The van der Waals surface area contributed by atoms with Gasteiger partial charge >= 0.3 is 5.97 Å². The van der Waals surface area contributed by atoms with Gasteiger partial charge in [-0.15, -0.1) is 13.2 Å². The largest absolute Gasteiger partial charge is 0.465 e. The lowest BCUT2D eigenvalue weighted by Crippen LogP contribution is -2.56. The number of benzene rings is 1. The predicted molar refractivity (Wildman–Crippen MR) is 138 cm³/mol. The number of nitrogens with zero attached hydrogens (tertiary/aromatic N) is 2. The van der Waals surface area contributed by atoms with Gasteiger partial charge in [-0.1, -0.05) is 49.4 Å². The van der Waals surface area contributed by atoms with E-state index in [4.69, 9.17) is 9.47 Å². The molecule has 2 amide bonds. The Morgan fingerprint density at radius 2 is 2.00 bits per heavy atom. The SMILES string of the molecule is C=CCCCOC(=O)[C@H]1[C@H]2C(=O)N(CCO)C(C(=O)N(CC=C)Cc3ccccc3)C23CC(C)[C@]1(C)O3. The van der Waals surface area contributed by atoms with Gasteiger partial charge in [0.05, 0.1) is 24.7 Å². The first-order valence-electron chi connectivity index (χ1n) is 13.1. The van der Waals surface area contributed by atoms with Gasteiger partial charge in [-0.05, 0) is 37.7 Å². The van der Waals surface area contributed by atoms with Gasteiger partial charge in [-0.3, -0.25) is 14.4 Å². The van der Waals surface area contributed by atoms with E-state index in [9.17, 15) is 19.5 Å². The Morgan fingerprint density at radius 1 is 1.27 bits per heavy atom. The Balaban J connectivity index is 1.70. The van der Waals surface area contributed by atoms with Gasteiger partial charge in [0.2, 0.25) is 11.8 Å². The molecule has 0 radical (unpaired) electrons. The number of likely N-dealkylation sites (tertiary alicyclic amines) is 1. The summed E-state index contributed by atoms with van der Waals surface area (Å²) in [6, 6.07) is 8.66. The lowest BCUT2D eigenvalue weighted by atomic mass is 9.62. The molecule has 3 unspecified atom stereocenters. The van der Waals surface area contributed by atoms with Crippen LogP contribution in [-0.4, -0.2) is 76.2 Å². The Kier molecular flexibility index (Phi) is 7.90. The van der Waals surface area contributed by atoms with E-state index in [1.165, 1.54) is 4.90 Å². The minimum absolute atomic E-state index is 0.0175. The van der Waals surface area contributed by atoms with Gasteiger partial charge in [0.1, 0.15) is 17.6 Å². The number of β-amino-alcohol motifs (C(OH)–C–C–N with tert-alkyl or cyclic N) is 1. The molecule has 8 heteroatoms.